The lowest BCUT2D eigenvalue weighted by molar-refractivity contribution is -0.0933. The molecule has 1 saturated heterocycles. The van der Waals surface area contributed by atoms with E-state index < -0.39 is 49.7 Å². The first kappa shape index (κ1) is 65.8. The minimum absolute atomic E-state index is 0.00473. The lowest BCUT2D eigenvalue weighted by atomic mass is 9.80. The Morgan fingerprint density at radius 2 is 1.24 bits per heavy atom. The van der Waals surface area contributed by atoms with Gasteiger partial charge < -0.3 is 38.2 Å². The maximum absolute atomic E-state index is 13.8. The van der Waals surface area contributed by atoms with Crippen LogP contribution in [0.1, 0.15) is 96.1 Å². The van der Waals surface area contributed by atoms with Gasteiger partial charge in [0.1, 0.15) is 42.1 Å². The molecule has 426 valence electrons. The van der Waals surface area contributed by atoms with Gasteiger partial charge in [-0.05, 0) is 148 Å². The number of H-pyrrole nitrogens is 1. The van der Waals surface area contributed by atoms with Crippen LogP contribution in [0.3, 0.4) is 0 Å². The fraction of sp³-hybridized carbons (Fsp3) is 0.353. The second-order valence-electron chi connectivity index (χ2n) is 18.7. The summed E-state index contributed by atoms with van der Waals surface area (Å²) < 4.78 is 43.2. The summed E-state index contributed by atoms with van der Waals surface area (Å²) in [5, 5.41) is 6.38. The van der Waals surface area contributed by atoms with E-state index in [0.717, 1.165) is 48.8 Å². The Hall–Kier alpha value is -9.05. The summed E-state index contributed by atoms with van der Waals surface area (Å²) in [5.74, 6) is 49.7. The minimum Gasteiger partial charge on any atom is -0.497 e. The van der Waals surface area contributed by atoms with Crippen molar-refractivity contribution in [1.82, 2.24) is 24.9 Å². The van der Waals surface area contributed by atoms with Crippen molar-refractivity contribution < 1.29 is 28.0 Å². The van der Waals surface area contributed by atoms with Gasteiger partial charge in [0.15, 0.2) is 5.11 Å². The molecule has 1 aliphatic rings. The van der Waals surface area contributed by atoms with Crippen molar-refractivity contribution in [3.63, 3.8) is 0 Å². The van der Waals surface area contributed by atoms with Crippen LogP contribution in [0.25, 0.3) is 4.85 Å². The number of thiocarbonyl (C=S) groups is 1. The zero-order valence-corrected chi connectivity index (χ0v) is 49.9. The van der Waals surface area contributed by atoms with E-state index in [-0.39, 0.29) is 31.8 Å². The number of hydrogen-bond donors (Lipinski definition) is 3. The largest absolute Gasteiger partial charge is 0.497 e. The van der Waals surface area contributed by atoms with Crippen LogP contribution in [0.5, 0.6) is 11.5 Å². The van der Waals surface area contributed by atoms with Crippen LogP contribution in [-0.4, -0.2) is 84.1 Å². The molecule has 16 heteroatoms. The molecule has 5 atom stereocenters. The summed E-state index contributed by atoms with van der Waals surface area (Å²) in [7, 11) is 1.46. The molecule has 1 fully saturated rings. The van der Waals surface area contributed by atoms with Crippen molar-refractivity contribution in [2.75, 3.05) is 40.5 Å². The van der Waals surface area contributed by atoms with Crippen LogP contribution in [0.4, 0.5) is 0 Å². The zero-order chi connectivity index (χ0) is 60.2. The highest BCUT2D eigenvalue weighted by molar-refractivity contribution is 7.80. The number of methoxy groups -OCH3 is 2. The Bertz CT molecular complexity index is 3630. The molecule has 84 heavy (non-hydrogen) atoms. The third kappa shape index (κ3) is 21.0. The SMILES string of the molecule is [C-]#[N+]CCOP(OC1[C@@H](COC(c2ccccc2)(c2ccc(OC)cc2)c2ccc(OC)cc2)O[C@@H](n2ccc(=O)[nH]c2=O)[C@H]1CCCCCCCNC(=S)NC#CC#CC#CC#CC#CC#CC#CC#CC#CC#CC)N(C(C)C)C(C)C. The van der Waals surface area contributed by atoms with E-state index in [2.05, 4.69) is 171 Å². The van der Waals surface area contributed by atoms with E-state index in [1.165, 1.54) is 16.8 Å². The summed E-state index contributed by atoms with van der Waals surface area (Å²) in [5.41, 5.74) is 0.166. The summed E-state index contributed by atoms with van der Waals surface area (Å²) >= 11 is 5.41. The highest BCUT2D eigenvalue weighted by Crippen LogP contribution is 2.53. The second kappa shape index (κ2) is 37.1. The van der Waals surface area contributed by atoms with E-state index in [1.54, 1.807) is 21.1 Å². The van der Waals surface area contributed by atoms with Crippen molar-refractivity contribution in [3.8, 4) is 130 Å². The van der Waals surface area contributed by atoms with Gasteiger partial charge in [0, 0.05) is 102 Å². The van der Waals surface area contributed by atoms with Gasteiger partial charge in [0.2, 0.25) is 6.54 Å². The van der Waals surface area contributed by atoms with Gasteiger partial charge in [-0.3, -0.25) is 19.7 Å². The number of benzene rings is 3. The fourth-order valence-electron chi connectivity index (χ4n) is 8.92. The van der Waals surface area contributed by atoms with Crippen molar-refractivity contribution in [2.45, 2.75) is 109 Å². The van der Waals surface area contributed by atoms with Gasteiger partial charge >= 0.3 is 5.69 Å². The molecule has 4 aromatic rings. The Labute approximate surface area is 502 Å². The first-order valence-electron chi connectivity index (χ1n) is 27.1. The van der Waals surface area contributed by atoms with E-state index >= 15 is 0 Å². The smallest absolute Gasteiger partial charge is 0.330 e. The number of nitrogens with zero attached hydrogens (tertiary/aromatic N) is 3. The average Bonchev–Trinajstić information content (AvgIpc) is 1.78. The van der Waals surface area contributed by atoms with Gasteiger partial charge in [-0.2, -0.15) is 0 Å². The molecular formula is C68H65N6O8PS. The summed E-state index contributed by atoms with van der Waals surface area (Å²) in [6, 6.07) is 29.6. The predicted octanol–water partition coefficient (Wildman–Crippen LogP) is 8.56. The maximum Gasteiger partial charge on any atom is 0.330 e. The lowest BCUT2D eigenvalue weighted by Gasteiger charge is -2.39. The third-order valence-corrected chi connectivity index (χ3v) is 14.9. The molecule has 1 aromatic heterocycles. The third-order valence-electron chi connectivity index (χ3n) is 12.5. The number of hydrogen-bond acceptors (Lipinski definition) is 10. The Morgan fingerprint density at radius 1 is 0.726 bits per heavy atom. The molecule has 0 amide bonds. The number of aromatic nitrogens is 2. The van der Waals surface area contributed by atoms with E-state index in [0.29, 0.717) is 29.6 Å². The van der Waals surface area contributed by atoms with Crippen LogP contribution in [0, 0.1) is 131 Å². The molecule has 0 spiro atoms. The summed E-state index contributed by atoms with van der Waals surface area (Å²) in [4.78, 5) is 32.3. The standard InChI is InChI=1S/C68H65N6O8PS/c1-9-10-11-12-13-14-15-16-17-18-19-20-21-22-23-24-25-28-34-48-70-66(84)71-49-35-29-26-27-33-38-61-64(82-83(80-52-50-69-6)74(54(2)3)55(4)5)62(81-65(61)73-51-47-63(75)72-67(73)76)53-79-68(56-36-31-30-32-37-56,57-39-43-59(77-7)44-40-57)58-41-45-60(78-8)46-42-58/h30-32,36-37,39-47,51,54-55,61-62,64-65H,26-27,29,33,35,38,49-50,52-53H2,1-5,7-8H3,(H2,70,71,84)(H,72,75,76)/t61-,62+,64?,65+,83?/m0/s1. The Morgan fingerprint density at radius 3 is 1.75 bits per heavy atom. The number of rotatable bonds is 25. The Kier molecular flexibility index (Phi) is 29.1. The maximum atomic E-state index is 13.8. The summed E-state index contributed by atoms with van der Waals surface area (Å²) in [6.07, 6.45) is 4.04. The quantitative estimate of drug-likeness (QED) is 0.0111. The molecule has 2 heterocycles. The monoisotopic (exact) mass is 1160 g/mol. The van der Waals surface area contributed by atoms with Crippen LogP contribution in [0.15, 0.2) is 101 Å². The number of aromatic amines is 1. The minimum atomic E-state index is -1.79. The molecule has 14 nitrogen and oxygen atoms in total. The van der Waals surface area contributed by atoms with E-state index in [9.17, 15) is 9.59 Å². The number of nitrogens with one attached hydrogen (secondary N) is 3. The molecule has 0 bridgehead atoms. The van der Waals surface area contributed by atoms with Gasteiger partial charge in [0.25, 0.3) is 14.1 Å². The van der Waals surface area contributed by atoms with Crippen molar-refractivity contribution in [1.29, 1.82) is 0 Å². The zero-order valence-electron chi connectivity index (χ0n) is 48.2. The van der Waals surface area contributed by atoms with Crippen molar-refractivity contribution in [3.05, 3.63) is 140 Å². The Balaban J connectivity index is 1.31. The molecule has 0 saturated carbocycles. The van der Waals surface area contributed by atoms with Gasteiger partial charge in [-0.25, -0.2) is 16.0 Å². The second-order valence-corrected chi connectivity index (χ2v) is 20.5. The van der Waals surface area contributed by atoms with Crippen LogP contribution in [-0.2, 0) is 24.1 Å². The molecule has 1 aliphatic heterocycles. The molecule has 2 unspecified atom stereocenters. The van der Waals surface area contributed by atoms with Gasteiger partial charge in [-0.1, -0.05) is 86.2 Å². The predicted molar refractivity (Wildman–Crippen MR) is 333 cm³/mol. The molecule has 0 radical (unpaired) electrons. The molecule has 5 rings (SSSR count). The summed E-state index contributed by atoms with van der Waals surface area (Å²) in [6.45, 7) is 18.5. The highest BCUT2D eigenvalue weighted by atomic mass is 32.1. The van der Waals surface area contributed by atoms with Crippen LogP contribution < -0.4 is 31.4 Å². The number of ether oxygens (including phenoxy) is 4. The van der Waals surface area contributed by atoms with E-state index in [1.807, 2.05) is 78.9 Å². The molecule has 3 N–H and O–H groups in total. The highest BCUT2D eigenvalue weighted by Gasteiger charge is 2.50. The molecule has 0 aliphatic carbocycles. The van der Waals surface area contributed by atoms with E-state index in [4.69, 9.17) is 46.8 Å². The molecular weight excluding hydrogens is 1090 g/mol. The van der Waals surface area contributed by atoms with Crippen molar-refractivity contribution in [2.24, 2.45) is 5.92 Å². The van der Waals surface area contributed by atoms with Crippen molar-refractivity contribution >= 4 is 25.9 Å². The topological polar surface area (TPSA) is 142 Å². The van der Waals surface area contributed by atoms with Gasteiger partial charge in [0.05, 0.1) is 20.8 Å². The van der Waals surface area contributed by atoms with Crippen LogP contribution >= 0.6 is 20.7 Å². The first-order chi connectivity index (χ1) is 41.0. The molecule has 3 aromatic carbocycles. The van der Waals surface area contributed by atoms with Crippen LogP contribution in [0.2, 0.25) is 0 Å². The average molecular weight is 1160 g/mol. The first-order valence-corrected chi connectivity index (χ1v) is 28.6. The van der Waals surface area contributed by atoms with Gasteiger partial charge in [-0.15, -0.1) is 0 Å². The number of unbranched alkanes of at least 4 members (excludes halogenated alkanes) is 4. The fourth-order valence-corrected chi connectivity index (χ4v) is 10.9. The lowest BCUT2D eigenvalue weighted by Crippen LogP contribution is -2.41. The normalized spacial score (nSPS) is 14.6.